The Balaban J connectivity index is 1.60. The third-order valence-electron chi connectivity index (χ3n) is 5.95. The molecular weight excluding hydrogens is 404 g/mol. The molecule has 0 spiro atoms. The van der Waals surface area contributed by atoms with Gasteiger partial charge in [0.25, 0.3) is 0 Å². The van der Waals surface area contributed by atoms with Crippen LogP contribution in [0.5, 0.6) is 0 Å². The van der Waals surface area contributed by atoms with E-state index in [-0.39, 0.29) is 6.10 Å². The fourth-order valence-electron chi connectivity index (χ4n) is 4.33. The quantitative estimate of drug-likeness (QED) is 0.445. The maximum atomic E-state index is 5.66. The van der Waals surface area contributed by atoms with E-state index in [1.54, 1.807) is 0 Å². The smallest absolute Gasteiger partial charge is 0.191 e. The lowest BCUT2D eigenvalue weighted by Crippen LogP contribution is -2.51. The summed E-state index contributed by atoms with van der Waals surface area (Å²) in [5.74, 6) is 2.53. The van der Waals surface area contributed by atoms with Gasteiger partial charge in [0.1, 0.15) is 5.82 Å². The lowest BCUT2D eigenvalue weighted by atomic mass is 10.0. The number of rotatable bonds is 9. The zero-order chi connectivity index (χ0) is 22.8. The zero-order valence-electron chi connectivity index (χ0n) is 20.3. The van der Waals surface area contributed by atoms with Crippen molar-refractivity contribution in [3.63, 3.8) is 0 Å². The first-order valence-electron chi connectivity index (χ1n) is 12.2. The van der Waals surface area contributed by atoms with Crippen LogP contribution in [0.4, 0.5) is 5.82 Å². The second-order valence-corrected chi connectivity index (χ2v) is 9.16. The molecular formula is C24H42N6O2. The Labute approximate surface area is 193 Å². The molecule has 1 aromatic heterocycles. The largest absolute Gasteiger partial charge is 0.379 e. The molecule has 2 N–H and O–H groups in total. The summed E-state index contributed by atoms with van der Waals surface area (Å²) in [7, 11) is 0. The van der Waals surface area contributed by atoms with Crippen molar-refractivity contribution in [2.24, 2.45) is 10.9 Å². The standard InChI is InChI=1S/C24H42N6O2/c1-5-25-24(28-17-22(14-19(2)3)29-8-11-31-12-9-29)27-16-21-6-7-26-23(15-21)30-10-13-32-20(4)18-30/h6-7,15,19-20,22H,5,8-14,16-18H2,1-4H3,(H2,25,27,28). The van der Waals surface area contributed by atoms with Crippen molar-refractivity contribution < 1.29 is 9.47 Å². The van der Waals surface area contributed by atoms with E-state index >= 15 is 0 Å². The Morgan fingerprint density at radius 2 is 2.03 bits per heavy atom. The van der Waals surface area contributed by atoms with E-state index in [1.165, 1.54) is 5.56 Å². The highest BCUT2D eigenvalue weighted by molar-refractivity contribution is 5.79. The van der Waals surface area contributed by atoms with Crippen LogP contribution < -0.4 is 15.5 Å². The van der Waals surface area contributed by atoms with Gasteiger partial charge in [0.05, 0.1) is 32.5 Å². The number of anilines is 1. The minimum atomic E-state index is 0.238. The number of pyridine rings is 1. The molecule has 0 amide bonds. The van der Waals surface area contributed by atoms with E-state index < -0.39 is 0 Å². The summed E-state index contributed by atoms with van der Waals surface area (Å²) >= 11 is 0. The van der Waals surface area contributed by atoms with Gasteiger partial charge in [-0.25, -0.2) is 9.98 Å². The van der Waals surface area contributed by atoms with E-state index in [0.29, 0.717) is 18.5 Å². The molecule has 2 unspecified atom stereocenters. The molecule has 32 heavy (non-hydrogen) atoms. The number of hydrogen-bond donors (Lipinski definition) is 2. The number of hydrogen-bond acceptors (Lipinski definition) is 6. The topological polar surface area (TPSA) is 74.2 Å². The molecule has 2 saturated heterocycles. The first-order valence-corrected chi connectivity index (χ1v) is 12.2. The van der Waals surface area contributed by atoms with E-state index in [1.807, 2.05) is 6.20 Å². The summed E-state index contributed by atoms with van der Waals surface area (Å²) < 4.78 is 11.2. The molecule has 0 aromatic carbocycles. The van der Waals surface area contributed by atoms with Crippen LogP contribution in [0.3, 0.4) is 0 Å². The number of morpholine rings is 2. The molecule has 0 aliphatic carbocycles. The molecule has 3 heterocycles. The molecule has 0 radical (unpaired) electrons. The maximum absolute atomic E-state index is 5.66. The van der Waals surface area contributed by atoms with E-state index in [9.17, 15) is 0 Å². The van der Waals surface area contributed by atoms with Gasteiger partial charge in [-0.3, -0.25) is 4.90 Å². The van der Waals surface area contributed by atoms with Gasteiger partial charge in [-0.2, -0.15) is 0 Å². The van der Waals surface area contributed by atoms with Crippen molar-refractivity contribution in [1.82, 2.24) is 20.5 Å². The van der Waals surface area contributed by atoms with Gasteiger partial charge < -0.3 is 25.0 Å². The van der Waals surface area contributed by atoms with Crippen molar-refractivity contribution in [1.29, 1.82) is 0 Å². The number of aromatic nitrogens is 1. The fourth-order valence-corrected chi connectivity index (χ4v) is 4.33. The first-order chi connectivity index (χ1) is 15.5. The molecule has 2 atom stereocenters. The Bertz CT molecular complexity index is 707. The van der Waals surface area contributed by atoms with Crippen LogP contribution in [-0.2, 0) is 16.0 Å². The average molecular weight is 447 g/mol. The van der Waals surface area contributed by atoms with Crippen LogP contribution in [-0.4, -0.2) is 87.1 Å². The predicted molar refractivity (Wildman–Crippen MR) is 130 cm³/mol. The lowest BCUT2D eigenvalue weighted by molar-refractivity contribution is 0.0132. The highest BCUT2D eigenvalue weighted by Gasteiger charge is 2.22. The molecule has 1 aromatic rings. The second-order valence-electron chi connectivity index (χ2n) is 9.16. The van der Waals surface area contributed by atoms with Crippen LogP contribution in [0, 0.1) is 5.92 Å². The van der Waals surface area contributed by atoms with Gasteiger partial charge in [0.2, 0.25) is 0 Å². The Kier molecular flexibility index (Phi) is 10.0. The summed E-state index contributed by atoms with van der Waals surface area (Å²) in [5, 5.41) is 6.99. The zero-order valence-corrected chi connectivity index (χ0v) is 20.3. The lowest BCUT2D eigenvalue weighted by Gasteiger charge is -2.35. The molecule has 0 bridgehead atoms. The number of nitrogens with one attached hydrogen (secondary N) is 2. The van der Waals surface area contributed by atoms with Gasteiger partial charge in [-0.05, 0) is 43.9 Å². The molecule has 2 aliphatic heterocycles. The predicted octanol–water partition coefficient (Wildman–Crippen LogP) is 2.11. The highest BCUT2D eigenvalue weighted by atomic mass is 16.5. The van der Waals surface area contributed by atoms with Crippen LogP contribution >= 0.6 is 0 Å². The van der Waals surface area contributed by atoms with Gasteiger partial charge in [-0.15, -0.1) is 0 Å². The van der Waals surface area contributed by atoms with E-state index in [0.717, 1.165) is 77.3 Å². The minimum Gasteiger partial charge on any atom is -0.379 e. The summed E-state index contributed by atoms with van der Waals surface area (Å²) in [6.45, 7) is 17.3. The van der Waals surface area contributed by atoms with Gasteiger partial charge in [0.15, 0.2) is 5.96 Å². The monoisotopic (exact) mass is 446 g/mol. The Morgan fingerprint density at radius 1 is 1.22 bits per heavy atom. The molecule has 3 rings (SSSR count). The van der Waals surface area contributed by atoms with Gasteiger partial charge >= 0.3 is 0 Å². The number of ether oxygens (including phenoxy) is 2. The van der Waals surface area contributed by atoms with Crippen LogP contribution in [0.15, 0.2) is 23.3 Å². The molecule has 180 valence electrons. The van der Waals surface area contributed by atoms with Crippen LogP contribution in [0.1, 0.15) is 39.7 Å². The summed E-state index contributed by atoms with van der Waals surface area (Å²) in [4.78, 5) is 14.3. The average Bonchev–Trinajstić information content (AvgIpc) is 2.80. The molecule has 2 aliphatic rings. The molecule has 8 heteroatoms. The van der Waals surface area contributed by atoms with Crippen molar-refractivity contribution in [2.75, 3.05) is 64.0 Å². The van der Waals surface area contributed by atoms with Crippen molar-refractivity contribution in [3.05, 3.63) is 23.9 Å². The molecule has 2 fully saturated rings. The molecule has 8 nitrogen and oxygen atoms in total. The highest BCUT2D eigenvalue weighted by Crippen LogP contribution is 2.17. The van der Waals surface area contributed by atoms with Crippen molar-refractivity contribution in [2.45, 2.75) is 52.8 Å². The number of guanidine groups is 1. The Hall–Kier alpha value is -1.90. The Morgan fingerprint density at radius 3 is 2.75 bits per heavy atom. The minimum absolute atomic E-state index is 0.238. The number of nitrogens with zero attached hydrogens (tertiary/aromatic N) is 4. The third kappa shape index (κ3) is 7.90. The first kappa shape index (κ1) is 24.7. The van der Waals surface area contributed by atoms with E-state index in [4.69, 9.17) is 14.5 Å². The van der Waals surface area contributed by atoms with Gasteiger partial charge in [0, 0.05) is 51.5 Å². The second kappa shape index (κ2) is 13.0. The number of aliphatic imine (C=N–C) groups is 1. The van der Waals surface area contributed by atoms with Crippen molar-refractivity contribution >= 4 is 11.8 Å². The van der Waals surface area contributed by atoms with Crippen LogP contribution in [0.2, 0.25) is 0 Å². The summed E-state index contributed by atoms with van der Waals surface area (Å²) in [6.07, 6.45) is 3.29. The van der Waals surface area contributed by atoms with Crippen LogP contribution in [0.25, 0.3) is 0 Å². The summed E-state index contributed by atoms with van der Waals surface area (Å²) in [6, 6.07) is 4.69. The van der Waals surface area contributed by atoms with Gasteiger partial charge in [-0.1, -0.05) is 13.8 Å². The normalized spacial score (nSPS) is 21.6. The maximum Gasteiger partial charge on any atom is 0.191 e. The summed E-state index contributed by atoms with van der Waals surface area (Å²) in [5.41, 5.74) is 1.17. The van der Waals surface area contributed by atoms with E-state index in [2.05, 4.69) is 65.2 Å². The third-order valence-corrected chi connectivity index (χ3v) is 5.95. The SMILES string of the molecule is CCNC(=NCc1ccnc(N2CCOC(C)C2)c1)NCC(CC(C)C)N1CCOCC1. The van der Waals surface area contributed by atoms with Crippen molar-refractivity contribution in [3.8, 4) is 0 Å². The fraction of sp³-hybridized carbons (Fsp3) is 0.750. The molecule has 0 saturated carbocycles.